The van der Waals surface area contributed by atoms with Crippen molar-refractivity contribution >= 4 is 15.9 Å². The number of hydrogen-bond donors (Lipinski definition) is 0. The molecule has 1 atom stereocenters. The van der Waals surface area contributed by atoms with Gasteiger partial charge in [-0.3, -0.25) is 0 Å². The van der Waals surface area contributed by atoms with E-state index >= 15 is 0 Å². The van der Waals surface area contributed by atoms with E-state index in [9.17, 15) is 13.2 Å². The van der Waals surface area contributed by atoms with Gasteiger partial charge in [-0.2, -0.15) is 0 Å². The second kappa shape index (κ2) is 3.53. The van der Waals surface area contributed by atoms with Gasteiger partial charge in [0.25, 0.3) is 0 Å². The number of carbonyl (C=O) groups excluding carboxylic acids is 1. The SMILES string of the molecule is COC(=O)N(C)[C@H]1CCS(=O)(=O)C1. The van der Waals surface area contributed by atoms with Crippen LogP contribution in [0.15, 0.2) is 0 Å². The Morgan fingerprint density at radius 3 is 2.54 bits per heavy atom. The van der Waals surface area contributed by atoms with Crippen molar-refractivity contribution in [3.8, 4) is 0 Å². The molecule has 0 saturated carbocycles. The zero-order valence-electron chi connectivity index (χ0n) is 7.69. The normalized spacial score (nSPS) is 25.5. The molecule has 1 rings (SSSR count). The van der Waals surface area contributed by atoms with Crippen molar-refractivity contribution in [1.82, 2.24) is 4.90 Å². The molecule has 0 aliphatic carbocycles. The van der Waals surface area contributed by atoms with Crippen LogP contribution in [0.25, 0.3) is 0 Å². The summed E-state index contributed by atoms with van der Waals surface area (Å²) in [6, 6.07) is -0.225. The first kappa shape index (κ1) is 10.3. The Morgan fingerprint density at radius 1 is 1.54 bits per heavy atom. The summed E-state index contributed by atoms with van der Waals surface area (Å²) in [6.07, 6.45) is 0.0237. The van der Waals surface area contributed by atoms with Crippen molar-refractivity contribution in [3.05, 3.63) is 0 Å². The van der Waals surface area contributed by atoms with Crippen molar-refractivity contribution in [1.29, 1.82) is 0 Å². The van der Waals surface area contributed by atoms with E-state index in [2.05, 4.69) is 4.74 Å². The molecule has 5 nitrogen and oxygen atoms in total. The lowest BCUT2D eigenvalue weighted by molar-refractivity contribution is 0.121. The summed E-state index contributed by atoms with van der Waals surface area (Å²) in [4.78, 5) is 12.4. The maximum absolute atomic E-state index is 11.1. The Kier molecular flexibility index (Phi) is 2.80. The minimum absolute atomic E-state index is 0.0542. The van der Waals surface area contributed by atoms with Crippen LogP contribution in [-0.4, -0.2) is 51.1 Å². The van der Waals surface area contributed by atoms with E-state index in [1.807, 2.05) is 0 Å². The van der Waals surface area contributed by atoms with Crippen molar-refractivity contribution < 1.29 is 17.9 Å². The molecule has 1 aliphatic heterocycles. The van der Waals surface area contributed by atoms with Crippen molar-refractivity contribution in [2.45, 2.75) is 12.5 Å². The zero-order valence-corrected chi connectivity index (χ0v) is 8.50. The van der Waals surface area contributed by atoms with Crippen LogP contribution in [0.3, 0.4) is 0 Å². The van der Waals surface area contributed by atoms with Gasteiger partial charge in [0.05, 0.1) is 18.6 Å². The third-order valence-corrected chi connectivity index (χ3v) is 3.97. The fourth-order valence-electron chi connectivity index (χ4n) is 1.37. The minimum atomic E-state index is -2.93. The van der Waals surface area contributed by atoms with Crippen LogP contribution in [0.4, 0.5) is 4.79 Å². The van der Waals surface area contributed by atoms with Crippen molar-refractivity contribution in [2.75, 3.05) is 25.7 Å². The van der Waals surface area contributed by atoms with Crippen molar-refractivity contribution in [2.24, 2.45) is 0 Å². The predicted molar refractivity (Wildman–Crippen MR) is 47.2 cm³/mol. The molecule has 0 spiro atoms. The minimum Gasteiger partial charge on any atom is -0.453 e. The molecule has 0 aromatic carbocycles. The van der Waals surface area contributed by atoms with Gasteiger partial charge in [-0.05, 0) is 6.42 Å². The van der Waals surface area contributed by atoms with Gasteiger partial charge in [-0.1, -0.05) is 0 Å². The second-order valence-corrected chi connectivity index (χ2v) is 5.37. The zero-order chi connectivity index (χ0) is 10.1. The largest absolute Gasteiger partial charge is 0.453 e. The number of ether oxygens (including phenoxy) is 1. The molecule has 1 heterocycles. The Balaban J connectivity index is 2.61. The molecule has 0 bridgehead atoms. The molecule has 0 aromatic heterocycles. The Morgan fingerprint density at radius 2 is 2.15 bits per heavy atom. The molecular weight excluding hydrogens is 194 g/mol. The summed E-state index contributed by atoms with van der Waals surface area (Å²) in [7, 11) is -0.0987. The van der Waals surface area contributed by atoms with Gasteiger partial charge >= 0.3 is 6.09 Å². The third kappa shape index (κ3) is 2.33. The van der Waals surface area contributed by atoms with Crippen LogP contribution in [0.2, 0.25) is 0 Å². The van der Waals surface area contributed by atoms with Gasteiger partial charge in [0, 0.05) is 13.1 Å². The topological polar surface area (TPSA) is 63.7 Å². The molecule has 0 aromatic rings. The van der Waals surface area contributed by atoms with Crippen LogP contribution < -0.4 is 0 Å². The average molecular weight is 207 g/mol. The highest BCUT2D eigenvalue weighted by molar-refractivity contribution is 7.91. The molecule has 0 radical (unpaired) electrons. The van der Waals surface area contributed by atoms with Crippen LogP contribution >= 0.6 is 0 Å². The predicted octanol–water partition coefficient (Wildman–Crippen LogP) is -0.128. The van der Waals surface area contributed by atoms with Crippen LogP contribution in [0.5, 0.6) is 0 Å². The lowest BCUT2D eigenvalue weighted by atomic mass is 10.2. The van der Waals surface area contributed by atoms with Crippen LogP contribution in [0.1, 0.15) is 6.42 Å². The molecule has 1 fully saturated rings. The summed E-state index contributed by atoms with van der Waals surface area (Å²) in [5.74, 6) is 0.220. The van der Waals surface area contributed by atoms with Gasteiger partial charge in [-0.25, -0.2) is 13.2 Å². The average Bonchev–Trinajstić information content (AvgIpc) is 2.43. The molecule has 76 valence electrons. The van der Waals surface area contributed by atoms with E-state index < -0.39 is 15.9 Å². The fraction of sp³-hybridized carbons (Fsp3) is 0.857. The summed E-state index contributed by atoms with van der Waals surface area (Å²) in [6.45, 7) is 0. The number of nitrogens with zero attached hydrogens (tertiary/aromatic N) is 1. The van der Waals surface area contributed by atoms with E-state index in [0.717, 1.165) is 0 Å². The number of hydrogen-bond acceptors (Lipinski definition) is 4. The number of methoxy groups -OCH3 is 1. The molecule has 0 unspecified atom stereocenters. The lowest BCUT2D eigenvalue weighted by Gasteiger charge is -2.21. The third-order valence-electron chi connectivity index (χ3n) is 2.22. The van der Waals surface area contributed by atoms with Crippen LogP contribution in [-0.2, 0) is 14.6 Å². The standard InChI is InChI=1S/C7H13NO4S/c1-8(7(9)12-2)6-3-4-13(10,11)5-6/h6H,3-5H2,1-2H3/t6-/m0/s1. The molecule has 0 N–H and O–H groups in total. The first-order chi connectivity index (χ1) is 5.96. The highest BCUT2D eigenvalue weighted by atomic mass is 32.2. The Hall–Kier alpha value is -0.780. The highest BCUT2D eigenvalue weighted by Gasteiger charge is 2.32. The number of carbonyl (C=O) groups is 1. The quantitative estimate of drug-likeness (QED) is 0.601. The smallest absolute Gasteiger partial charge is 0.409 e. The summed E-state index contributed by atoms with van der Waals surface area (Å²) < 4.78 is 26.6. The van der Waals surface area contributed by atoms with Gasteiger partial charge < -0.3 is 9.64 Å². The number of amides is 1. The van der Waals surface area contributed by atoms with E-state index in [4.69, 9.17) is 0 Å². The Labute approximate surface area is 77.6 Å². The number of sulfone groups is 1. The highest BCUT2D eigenvalue weighted by Crippen LogP contribution is 2.16. The maximum atomic E-state index is 11.1. The summed E-state index contributed by atoms with van der Waals surface area (Å²) in [5, 5.41) is 0. The molecule has 1 saturated heterocycles. The van der Waals surface area contributed by atoms with E-state index in [1.54, 1.807) is 7.05 Å². The first-order valence-electron chi connectivity index (χ1n) is 3.97. The molecule has 6 heteroatoms. The van der Waals surface area contributed by atoms with Gasteiger partial charge in [0.1, 0.15) is 0 Å². The van der Waals surface area contributed by atoms with E-state index in [-0.39, 0.29) is 17.5 Å². The lowest BCUT2D eigenvalue weighted by Crippen LogP contribution is -2.37. The molecular formula is C7H13NO4S. The summed E-state index contributed by atoms with van der Waals surface area (Å²) in [5.41, 5.74) is 0. The Bertz CT molecular complexity index is 298. The molecule has 1 amide bonds. The van der Waals surface area contributed by atoms with E-state index in [1.165, 1.54) is 12.0 Å². The maximum Gasteiger partial charge on any atom is 0.409 e. The monoisotopic (exact) mass is 207 g/mol. The van der Waals surface area contributed by atoms with Gasteiger partial charge in [-0.15, -0.1) is 0 Å². The first-order valence-corrected chi connectivity index (χ1v) is 5.79. The van der Waals surface area contributed by atoms with Gasteiger partial charge in [0.15, 0.2) is 9.84 Å². The van der Waals surface area contributed by atoms with Gasteiger partial charge in [0.2, 0.25) is 0 Å². The number of rotatable bonds is 1. The van der Waals surface area contributed by atoms with Crippen LogP contribution in [0, 0.1) is 0 Å². The van der Waals surface area contributed by atoms with E-state index in [0.29, 0.717) is 6.42 Å². The molecule has 1 aliphatic rings. The fourth-order valence-corrected chi connectivity index (χ4v) is 3.15. The second-order valence-electron chi connectivity index (χ2n) is 3.14. The summed E-state index contributed by atoms with van der Waals surface area (Å²) >= 11 is 0. The molecule has 13 heavy (non-hydrogen) atoms. The van der Waals surface area contributed by atoms with Crippen molar-refractivity contribution in [3.63, 3.8) is 0 Å².